The number of benzene rings is 3. The summed E-state index contributed by atoms with van der Waals surface area (Å²) in [6.45, 7) is 1.51. The summed E-state index contributed by atoms with van der Waals surface area (Å²) < 4.78 is 28.0. The van der Waals surface area contributed by atoms with E-state index in [1.807, 2.05) is 48.5 Å². The first-order chi connectivity index (χ1) is 14.5. The van der Waals surface area contributed by atoms with Crippen LogP contribution in [0.5, 0.6) is 0 Å². The van der Waals surface area contributed by atoms with E-state index >= 15 is 0 Å². The quantitative estimate of drug-likeness (QED) is 0.660. The number of sulfonamides is 1. The van der Waals surface area contributed by atoms with Gasteiger partial charge < -0.3 is 4.90 Å². The first kappa shape index (κ1) is 20.3. The minimum Gasteiger partial charge on any atom is -0.338 e. The van der Waals surface area contributed by atoms with E-state index in [1.54, 1.807) is 17.0 Å². The number of hydrogen-bond acceptors (Lipinski definition) is 3. The average Bonchev–Trinajstić information content (AvgIpc) is 3.29. The Hall–Kier alpha value is -2.96. The van der Waals surface area contributed by atoms with E-state index < -0.39 is 10.0 Å². The van der Waals surface area contributed by atoms with Crippen LogP contribution in [0.4, 0.5) is 0 Å². The van der Waals surface area contributed by atoms with E-state index in [0.717, 1.165) is 12.0 Å². The molecule has 154 valence electrons. The van der Waals surface area contributed by atoms with Gasteiger partial charge in [-0.3, -0.25) is 4.79 Å². The average molecular weight is 421 g/mol. The highest BCUT2D eigenvalue weighted by molar-refractivity contribution is 7.89. The van der Waals surface area contributed by atoms with Crippen molar-refractivity contribution >= 4 is 15.9 Å². The Balaban J connectivity index is 1.45. The maximum absolute atomic E-state index is 13.0. The molecule has 1 aliphatic heterocycles. The van der Waals surface area contributed by atoms with E-state index in [2.05, 4.69) is 16.9 Å². The van der Waals surface area contributed by atoms with Crippen LogP contribution in [-0.4, -0.2) is 32.3 Å². The van der Waals surface area contributed by atoms with Crippen LogP contribution in [0.1, 0.15) is 33.8 Å². The predicted octanol–water partition coefficient (Wildman–Crippen LogP) is 3.79. The molecule has 1 N–H and O–H groups in total. The molecular formula is C24H24N2O3S. The molecule has 0 aromatic heterocycles. The van der Waals surface area contributed by atoms with Crippen molar-refractivity contribution in [1.29, 1.82) is 0 Å². The largest absolute Gasteiger partial charge is 0.338 e. The van der Waals surface area contributed by atoms with E-state index in [-0.39, 0.29) is 17.3 Å². The summed E-state index contributed by atoms with van der Waals surface area (Å²) >= 11 is 0. The molecule has 3 aromatic carbocycles. The second kappa shape index (κ2) is 8.81. The molecule has 1 unspecified atom stereocenters. The van der Waals surface area contributed by atoms with E-state index in [4.69, 9.17) is 0 Å². The fourth-order valence-electron chi connectivity index (χ4n) is 3.78. The van der Waals surface area contributed by atoms with Gasteiger partial charge in [-0.25, -0.2) is 13.1 Å². The summed E-state index contributed by atoms with van der Waals surface area (Å²) in [5.41, 5.74) is 2.50. The van der Waals surface area contributed by atoms with Crippen molar-refractivity contribution in [3.8, 4) is 0 Å². The van der Waals surface area contributed by atoms with Crippen molar-refractivity contribution in [1.82, 2.24) is 9.62 Å². The first-order valence-corrected chi connectivity index (χ1v) is 11.5. The maximum atomic E-state index is 13.0. The number of carbonyl (C=O) groups excluding carboxylic acids is 1. The smallest absolute Gasteiger partial charge is 0.253 e. The Bertz CT molecular complexity index is 1120. The summed E-state index contributed by atoms with van der Waals surface area (Å²) in [7, 11) is -3.71. The number of amides is 1. The Labute approximate surface area is 177 Å². The maximum Gasteiger partial charge on any atom is 0.253 e. The van der Waals surface area contributed by atoms with Crippen molar-refractivity contribution in [3.05, 3.63) is 102 Å². The lowest BCUT2D eigenvalue weighted by Crippen LogP contribution is -2.29. The van der Waals surface area contributed by atoms with Crippen LogP contribution in [-0.2, 0) is 16.6 Å². The summed E-state index contributed by atoms with van der Waals surface area (Å²) in [6, 6.07) is 25.8. The van der Waals surface area contributed by atoms with Gasteiger partial charge in [-0.05, 0) is 35.7 Å². The third-order valence-corrected chi connectivity index (χ3v) is 6.85. The molecule has 1 amide bonds. The van der Waals surface area contributed by atoms with Crippen LogP contribution >= 0.6 is 0 Å². The Morgan fingerprint density at radius 3 is 2.37 bits per heavy atom. The zero-order valence-corrected chi connectivity index (χ0v) is 17.4. The number of hydrogen-bond donors (Lipinski definition) is 1. The van der Waals surface area contributed by atoms with Gasteiger partial charge in [0.2, 0.25) is 10.0 Å². The fraction of sp³-hybridized carbons (Fsp3) is 0.208. The van der Waals surface area contributed by atoms with Crippen molar-refractivity contribution in [2.45, 2.75) is 23.8 Å². The topological polar surface area (TPSA) is 66.5 Å². The SMILES string of the molecule is O=C(c1cccc(S(=O)(=O)NCc2ccccc2)c1)N1CCC(c2ccccc2)C1. The lowest BCUT2D eigenvalue weighted by molar-refractivity contribution is 0.0790. The second-order valence-corrected chi connectivity index (χ2v) is 9.25. The van der Waals surface area contributed by atoms with Crippen molar-refractivity contribution in [2.24, 2.45) is 0 Å². The molecular weight excluding hydrogens is 396 g/mol. The first-order valence-electron chi connectivity index (χ1n) is 10.0. The molecule has 0 spiro atoms. The summed E-state index contributed by atoms with van der Waals surface area (Å²) in [4.78, 5) is 14.9. The van der Waals surface area contributed by atoms with Gasteiger partial charge in [0.15, 0.2) is 0 Å². The molecule has 0 aliphatic carbocycles. The molecule has 1 fully saturated rings. The highest BCUT2D eigenvalue weighted by atomic mass is 32.2. The van der Waals surface area contributed by atoms with E-state index in [0.29, 0.717) is 24.6 Å². The molecule has 0 saturated carbocycles. The number of rotatable bonds is 6. The molecule has 0 radical (unpaired) electrons. The van der Waals surface area contributed by atoms with Gasteiger partial charge in [0.05, 0.1) is 4.90 Å². The van der Waals surface area contributed by atoms with Crippen molar-refractivity contribution < 1.29 is 13.2 Å². The molecule has 6 heteroatoms. The molecule has 1 heterocycles. The third kappa shape index (κ3) is 4.61. The molecule has 1 atom stereocenters. The molecule has 3 aromatic rings. The highest BCUT2D eigenvalue weighted by Crippen LogP contribution is 2.28. The standard InChI is InChI=1S/C24H24N2O3S/c27-24(26-15-14-22(18-26)20-10-5-2-6-11-20)21-12-7-13-23(16-21)30(28,29)25-17-19-8-3-1-4-9-19/h1-13,16,22,25H,14-15,17-18H2. The number of nitrogens with zero attached hydrogens (tertiary/aromatic N) is 1. The zero-order chi connectivity index (χ0) is 21.0. The minimum atomic E-state index is -3.71. The van der Waals surface area contributed by atoms with Crippen LogP contribution in [0.2, 0.25) is 0 Å². The molecule has 4 rings (SSSR count). The molecule has 0 bridgehead atoms. The van der Waals surface area contributed by atoms with Gasteiger partial charge in [-0.1, -0.05) is 66.7 Å². The number of likely N-dealkylation sites (tertiary alicyclic amines) is 1. The van der Waals surface area contributed by atoms with Gasteiger partial charge in [0.1, 0.15) is 0 Å². The summed E-state index contributed by atoms with van der Waals surface area (Å²) in [5, 5.41) is 0. The highest BCUT2D eigenvalue weighted by Gasteiger charge is 2.28. The van der Waals surface area contributed by atoms with Crippen LogP contribution < -0.4 is 4.72 Å². The van der Waals surface area contributed by atoms with Gasteiger partial charge in [-0.15, -0.1) is 0 Å². The van der Waals surface area contributed by atoms with Crippen LogP contribution in [0.3, 0.4) is 0 Å². The van der Waals surface area contributed by atoms with Crippen molar-refractivity contribution in [3.63, 3.8) is 0 Å². The number of nitrogens with one attached hydrogen (secondary N) is 1. The zero-order valence-electron chi connectivity index (χ0n) is 16.6. The van der Waals surface area contributed by atoms with Crippen LogP contribution in [0, 0.1) is 0 Å². The van der Waals surface area contributed by atoms with Gasteiger partial charge in [-0.2, -0.15) is 0 Å². The van der Waals surface area contributed by atoms with Gasteiger partial charge >= 0.3 is 0 Å². The molecule has 1 aliphatic rings. The van der Waals surface area contributed by atoms with Gasteiger partial charge in [0, 0.05) is 31.1 Å². The molecule has 1 saturated heterocycles. The molecule has 5 nitrogen and oxygen atoms in total. The Kier molecular flexibility index (Phi) is 5.97. The minimum absolute atomic E-state index is 0.100. The monoisotopic (exact) mass is 420 g/mol. The third-order valence-electron chi connectivity index (χ3n) is 5.45. The Morgan fingerprint density at radius 2 is 1.63 bits per heavy atom. The van der Waals surface area contributed by atoms with Gasteiger partial charge in [0.25, 0.3) is 5.91 Å². The number of carbonyl (C=O) groups is 1. The summed E-state index contributed by atoms with van der Waals surface area (Å²) in [6.07, 6.45) is 0.909. The predicted molar refractivity (Wildman–Crippen MR) is 117 cm³/mol. The lowest BCUT2D eigenvalue weighted by Gasteiger charge is -2.17. The van der Waals surface area contributed by atoms with E-state index in [1.165, 1.54) is 17.7 Å². The van der Waals surface area contributed by atoms with Crippen LogP contribution in [0.25, 0.3) is 0 Å². The normalized spacial score (nSPS) is 16.5. The summed E-state index contributed by atoms with van der Waals surface area (Å²) in [5.74, 6) is 0.183. The second-order valence-electron chi connectivity index (χ2n) is 7.49. The Morgan fingerprint density at radius 1 is 0.933 bits per heavy atom. The van der Waals surface area contributed by atoms with E-state index in [9.17, 15) is 13.2 Å². The van der Waals surface area contributed by atoms with Crippen LogP contribution in [0.15, 0.2) is 89.8 Å². The van der Waals surface area contributed by atoms with Crippen molar-refractivity contribution in [2.75, 3.05) is 13.1 Å². The fourth-order valence-corrected chi connectivity index (χ4v) is 4.84. The molecule has 30 heavy (non-hydrogen) atoms. The lowest BCUT2D eigenvalue weighted by atomic mass is 9.99.